The molecule has 0 unspecified atom stereocenters. The number of benzene rings is 1. The molecule has 0 radical (unpaired) electrons. The molecule has 0 aliphatic heterocycles. The number of halogens is 1. The molecule has 0 amide bonds. The van der Waals surface area contributed by atoms with E-state index in [1.807, 2.05) is 0 Å². The van der Waals surface area contributed by atoms with Gasteiger partial charge in [-0.1, -0.05) is 40.9 Å². The van der Waals surface area contributed by atoms with E-state index in [9.17, 15) is 0 Å². The fourth-order valence-corrected chi connectivity index (χ4v) is 2.57. The van der Waals surface area contributed by atoms with E-state index in [-0.39, 0.29) is 5.54 Å². The lowest BCUT2D eigenvalue weighted by Crippen LogP contribution is -2.36. The van der Waals surface area contributed by atoms with Crippen molar-refractivity contribution in [3.63, 3.8) is 0 Å². The highest BCUT2D eigenvalue weighted by molar-refractivity contribution is 9.10. The second-order valence-electron chi connectivity index (χ2n) is 6.96. The molecule has 1 N–H and O–H groups in total. The molecular formula is C18H31BrN2. The molecule has 3 heteroatoms. The molecule has 120 valence electrons. The van der Waals surface area contributed by atoms with Crippen molar-refractivity contribution in [3.8, 4) is 0 Å². The van der Waals surface area contributed by atoms with E-state index < -0.39 is 0 Å². The molecule has 0 bridgehead atoms. The third-order valence-electron chi connectivity index (χ3n) is 3.49. The smallest absolute Gasteiger partial charge is 0.0230 e. The van der Waals surface area contributed by atoms with Crippen LogP contribution in [0.1, 0.15) is 52.0 Å². The van der Waals surface area contributed by atoms with Crippen LogP contribution < -0.4 is 5.32 Å². The minimum Gasteiger partial charge on any atom is -0.312 e. The van der Waals surface area contributed by atoms with Crippen LogP contribution in [0.3, 0.4) is 0 Å². The maximum absolute atomic E-state index is 3.54. The van der Waals surface area contributed by atoms with Gasteiger partial charge in [0.25, 0.3) is 0 Å². The molecule has 2 nitrogen and oxygen atoms in total. The summed E-state index contributed by atoms with van der Waals surface area (Å²) in [6.45, 7) is 10.0. The van der Waals surface area contributed by atoms with Crippen molar-refractivity contribution in [2.75, 3.05) is 20.1 Å². The Kier molecular flexibility index (Phi) is 8.53. The quantitative estimate of drug-likeness (QED) is 0.639. The van der Waals surface area contributed by atoms with Gasteiger partial charge in [-0.25, -0.2) is 0 Å². The molecule has 1 aromatic carbocycles. The van der Waals surface area contributed by atoms with Gasteiger partial charge >= 0.3 is 0 Å². The second kappa shape index (κ2) is 9.60. The SMILES string of the molecule is CN(CCCCCCNC(C)(C)C)Cc1ccc(Br)cc1. The van der Waals surface area contributed by atoms with Crippen LogP contribution in [0.4, 0.5) is 0 Å². The van der Waals surface area contributed by atoms with Gasteiger partial charge in [-0.15, -0.1) is 0 Å². The lowest BCUT2D eigenvalue weighted by molar-refractivity contribution is 0.316. The van der Waals surface area contributed by atoms with Gasteiger partial charge in [0, 0.05) is 16.6 Å². The Bertz CT molecular complexity index is 381. The van der Waals surface area contributed by atoms with Crippen LogP contribution in [0.5, 0.6) is 0 Å². The topological polar surface area (TPSA) is 15.3 Å². The number of hydrogen-bond donors (Lipinski definition) is 1. The van der Waals surface area contributed by atoms with Crippen LogP contribution in [0.25, 0.3) is 0 Å². The Morgan fingerprint density at radius 2 is 1.62 bits per heavy atom. The van der Waals surface area contributed by atoms with Gasteiger partial charge in [-0.2, -0.15) is 0 Å². The van der Waals surface area contributed by atoms with Crippen LogP contribution >= 0.6 is 15.9 Å². The van der Waals surface area contributed by atoms with Crippen molar-refractivity contribution >= 4 is 15.9 Å². The van der Waals surface area contributed by atoms with Gasteiger partial charge in [0.15, 0.2) is 0 Å². The first kappa shape index (κ1) is 18.7. The summed E-state index contributed by atoms with van der Waals surface area (Å²) in [5.74, 6) is 0. The highest BCUT2D eigenvalue weighted by Gasteiger charge is 2.07. The summed E-state index contributed by atoms with van der Waals surface area (Å²) in [7, 11) is 2.21. The van der Waals surface area contributed by atoms with Gasteiger partial charge in [0.05, 0.1) is 0 Å². The summed E-state index contributed by atoms with van der Waals surface area (Å²) in [6, 6.07) is 8.62. The van der Waals surface area contributed by atoms with Crippen LogP contribution in [0, 0.1) is 0 Å². The molecule has 0 aliphatic carbocycles. The van der Waals surface area contributed by atoms with Gasteiger partial charge < -0.3 is 10.2 Å². The average molecular weight is 355 g/mol. The second-order valence-corrected chi connectivity index (χ2v) is 7.87. The van der Waals surface area contributed by atoms with Crippen LogP contribution in [-0.2, 0) is 6.54 Å². The lowest BCUT2D eigenvalue weighted by Gasteiger charge is -2.20. The monoisotopic (exact) mass is 354 g/mol. The Morgan fingerprint density at radius 1 is 1.00 bits per heavy atom. The molecule has 0 spiro atoms. The molecule has 1 rings (SSSR count). The van der Waals surface area contributed by atoms with E-state index in [1.54, 1.807) is 0 Å². The van der Waals surface area contributed by atoms with Crippen molar-refractivity contribution in [3.05, 3.63) is 34.3 Å². The van der Waals surface area contributed by atoms with E-state index in [1.165, 1.54) is 37.8 Å². The summed E-state index contributed by atoms with van der Waals surface area (Å²) in [5, 5.41) is 3.54. The van der Waals surface area contributed by atoms with Crippen molar-refractivity contribution in [2.24, 2.45) is 0 Å². The zero-order valence-electron chi connectivity index (χ0n) is 14.1. The fraction of sp³-hybridized carbons (Fsp3) is 0.667. The molecule has 21 heavy (non-hydrogen) atoms. The van der Waals surface area contributed by atoms with E-state index in [0.29, 0.717) is 0 Å². The van der Waals surface area contributed by atoms with Crippen molar-refractivity contribution < 1.29 is 0 Å². The van der Waals surface area contributed by atoms with Crippen LogP contribution in [0.15, 0.2) is 28.7 Å². The lowest BCUT2D eigenvalue weighted by atomic mass is 10.1. The Hall–Kier alpha value is -0.380. The van der Waals surface area contributed by atoms with Crippen LogP contribution in [0.2, 0.25) is 0 Å². The van der Waals surface area contributed by atoms with Gasteiger partial charge in [0.1, 0.15) is 0 Å². The van der Waals surface area contributed by atoms with Crippen molar-refractivity contribution in [2.45, 2.75) is 58.5 Å². The number of nitrogens with zero attached hydrogens (tertiary/aromatic N) is 1. The Balaban J connectivity index is 2.03. The molecule has 1 aromatic rings. The molecule has 0 saturated heterocycles. The number of nitrogens with one attached hydrogen (secondary N) is 1. The largest absolute Gasteiger partial charge is 0.312 e. The Labute approximate surface area is 139 Å². The maximum atomic E-state index is 3.54. The number of unbranched alkanes of at least 4 members (excludes halogenated alkanes) is 3. The molecule has 0 fully saturated rings. The zero-order chi connectivity index (χ0) is 15.7. The maximum Gasteiger partial charge on any atom is 0.0230 e. The first-order valence-corrected chi connectivity index (χ1v) is 8.84. The summed E-state index contributed by atoms with van der Waals surface area (Å²) in [4.78, 5) is 2.41. The minimum absolute atomic E-state index is 0.255. The summed E-state index contributed by atoms with van der Waals surface area (Å²) >= 11 is 3.48. The third kappa shape index (κ3) is 10.0. The predicted molar refractivity (Wildman–Crippen MR) is 96.7 cm³/mol. The van der Waals surface area contributed by atoms with E-state index >= 15 is 0 Å². The average Bonchev–Trinajstić information content (AvgIpc) is 2.39. The normalized spacial score (nSPS) is 12.1. The minimum atomic E-state index is 0.255. The summed E-state index contributed by atoms with van der Waals surface area (Å²) in [5.41, 5.74) is 1.64. The van der Waals surface area contributed by atoms with Gasteiger partial charge in [-0.3, -0.25) is 0 Å². The summed E-state index contributed by atoms with van der Waals surface area (Å²) in [6.07, 6.45) is 5.24. The molecule has 0 atom stereocenters. The van der Waals surface area contributed by atoms with E-state index in [0.717, 1.165) is 17.6 Å². The number of hydrogen-bond acceptors (Lipinski definition) is 2. The van der Waals surface area contributed by atoms with Gasteiger partial charge in [0.2, 0.25) is 0 Å². The molecule has 0 heterocycles. The van der Waals surface area contributed by atoms with E-state index in [2.05, 4.69) is 78.2 Å². The number of rotatable bonds is 9. The van der Waals surface area contributed by atoms with Crippen molar-refractivity contribution in [1.82, 2.24) is 10.2 Å². The van der Waals surface area contributed by atoms with Crippen molar-refractivity contribution in [1.29, 1.82) is 0 Å². The molecular weight excluding hydrogens is 324 g/mol. The van der Waals surface area contributed by atoms with E-state index in [4.69, 9.17) is 0 Å². The fourth-order valence-electron chi connectivity index (χ4n) is 2.30. The standard InChI is InChI=1S/C18H31BrN2/c1-18(2,3)20-13-7-5-6-8-14-21(4)15-16-9-11-17(19)12-10-16/h9-12,20H,5-8,13-15H2,1-4H3. The first-order valence-electron chi connectivity index (χ1n) is 8.05. The van der Waals surface area contributed by atoms with Crippen LogP contribution in [-0.4, -0.2) is 30.6 Å². The highest BCUT2D eigenvalue weighted by atomic mass is 79.9. The Morgan fingerprint density at radius 3 is 2.24 bits per heavy atom. The first-order chi connectivity index (χ1) is 9.87. The molecule has 0 aliphatic rings. The molecule has 0 aromatic heterocycles. The summed E-state index contributed by atoms with van der Waals surface area (Å²) < 4.78 is 1.15. The third-order valence-corrected chi connectivity index (χ3v) is 4.02. The zero-order valence-corrected chi connectivity index (χ0v) is 15.7. The molecule has 0 saturated carbocycles. The highest BCUT2D eigenvalue weighted by Crippen LogP contribution is 2.12. The predicted octanol–water partition coefficient (Wildman–Crippen LogP) is 4.83. The van der Waals surface area contributed by atoms with Gasteiger partial charge in [-0.05, 0) is 71.4 Å².